The average molecular weight is 267 g/mol. The number of hydrogen-bond donors (Lipinski definition) is 3. The fourth-order valence-corrected chi connectivity index (χ4v) is 1.82. The second kappa shape index (κ2) is 7.89. The van der Waals surface area contributed by atoms with Gasteiger partial charge in [-0.05, 0) is 25.1 Å². The van der Waals surface area contributed by atoms with Crippen LogP contribution < -0.4 is 5.32 Å². The van der Waals surface area contributed by atoms with Crippen LogP contribution in [0.5, 0.6) is 0 Å². The highest BCUT2D eigenvalue weighted by molar-refractivity contribution is 5.70. The number of aliphatic hydroxyl groups is 2. The van der Waals surface area contributed by atoms with Crippen molar-refractivity contribution in [3.63, 3.8) is 0 Å². The summed E-state index contributed by atoms with van der Waals surface area (Å²) >= 11 is 0. The van der Waals surface area contributed by atoms with Crippen LogP contribution in [-0.2, 0) is 16.1 Å². The van der Waals surface area contributed by atoms with Gasteiger partial charge in [0.2, 0.25) is 0 Å². The van der Waals surface area contributed by atoms with Crippen LogP contribution in [0.3, 0.4) is 0 Å². The molecule has 0 saturated carbocycles. The van der Waals surface area contributed by atoms with E-state index >= 15 is 0 Å². The zero-order valence-corrected chi connectivity index (χ0v) is 11.3. The van der Waals surface area contributed by atoms with Gasteiger partial charge in [-0.25, -0.2) is 0 Å². The monoisotopic (exact) mass is 267 g/mol. The summed E-state index contributed by atoms with van der Waals surface area (Å²) in [6.45, 7) is 2.63. The Hall–Kier alpha value is -1.43. The van der Waals surface area contributed by atoms with E-state index in [1.165, 1.54) is 0 Å². The summed E-state index contributed by atoms with van der Waals surface area (Å²) in [7, 11) is 1.83. The third-order valence-electron chi connectivity index (χ3n) is 2.72. The van der Waals surface area contributed by atoms with E-state index in [0.29, 0.717) is 12.1 Å². The molecule has 5 heteroatoms. The van der Waals surface area contributed by atoms with Crippen molar-refractivity contribution in [2.75, 3.05) is 13.7 Å². The Bertz CT molecular complexity index is 408. The molecule has 2 unspecified atom stereocenters. The molecule has 0 fully saturated rings. The summed E-state index contributed by atoms with van der Waals surface area (Å²) in [6.07, 6.45) is -2.48. The number of aliphatic hydroxyl groups excluding tert-OH is 2. The van der Waals surface area contributed by atoms with E-state index in [1.54, 1.807) is 19.1 Å². The van der Waals surface area contributed by atoms with E-state index in [1.807, 2.05) is 19.2 Å². The summed E-state index contributed by atoms with van der Waals surface area (Å²) < 4.78 is 4.74. The van der Waals surface area contributed by atoms with E-state index in [2.05, 4.69) is 5.32 Å². The van der Waals surface area contributed by atoms with Gasteiger partial charge in [-0.2, -0.15) is 0 Å². The molecular weight excluding hydrogens is 246 g/mol. The number of rotatable bonds is 7. The van der Waals surface area contributed by atoms with Gasteiger partial charge < -0.3 is 20.3 Å². The Kier molecular flexibility index (Phi) is 6.49. The summed E-state index contributed by atoms with van der Waals surface area (Å²) in [5.74, 6) is -0.513. The molecule has 1 aromatic carbocycles. The predicted molar refractivity (Wildman–Crippen MR) is 71.4 cm³/mol. The third-order valence-corrected chi connectivity index (χ3v) is 2.72. The Morgan fingerprint density at radius 1 is 1.42 bits per heavy atom. The minimum Gasteiger partial charge on any atom is -0.466 e. The lowest BCUT2D eigenvalue weighted by atomic mass is 10.00. The van der Waals surface area contributed by atoms with Crippen molar-refractivity contribution in [2.24, 2.45) is 0 Å². The molecule has 0 aliphatic heterocycles. The first kappa shape index (κ1) is 15.6. The molecule has 1 aromatic rings. The highest BCUT2D eigenvalue weighted by atomic mass is 16.5. The number of esters is 1. The largest absolute Gasteiger partial charge is 0.466 e. The lowest BCUT2D eigenvalue weighted by molar-refractivity contribution is -0.147. The predicted octanol–water partition coefficient (Wildman–Crippen LogP) is 0.754. The van der Waals surface area contributed by atoms with E-state index in [4.69, 9.17) is 4.74 Å². The quantitative estimate of drug-likeness (QED) is 0.635. The van der Waals surface area contributed by atoms with E-state index < -0.39 is 18.2 Å². The first-order valence-corrected chi connectivity index (χ1v) is 6.33. The second-order valence-electron chi connectivity index (χ2n) is 4.30. The molecule has 0 heterocycles. The lowest BCUT2D eigenvalue weighted by Gasteiger charge is -2.18. The number of carbonyl (C=O) groups excluding carboxylic acids is 1. The molecule has 1 rings (SSSR count). The van der Waals surface area contributed by atoms with Gasteiger partial charge in [-0.15, -0.1) is 0 Å². The van der Waals surface area contributed by atoms with E-state index in [-0.39, 0.29) is 13.0 Å². The minimum atomic E-state index is -1.16. The van der Waals surface area contributed by atoms with Crippen molar-refractivity contribution < 1.29 is 19.7 Å². The van der Waals surface area contributed by atoms with Crippen LogP contribution in [-0.4, -0.2) is 35.9 Å². The van der Waals surface area contributed by atoms with Crippen LogP contribution >= 0.6 is 0 Å². The van der Waals surface area contributed by atoms with Crippen LogP contribution in [0.25, 0.3) is 0 Å². The normalized spacial score (nSPS) is 13.9. The fourth-order valence-electron chi connectivity index (χ4n) is 1.82. The average Bonchev–Trinajstić information content (AvgIpc) is 2.38. The summed E-state index contributed by atoms with van der Waals surface area (Å²) in [6, 6.07) is 7.25. The van der Waals surface area contributed by atoms with E-state index in [0.717, 1.165) is 5.56 Å². The second-order valence-corrected chi connectivity index (χ2v) is 4.30. The Balaban J connectivity index is 2.67. The minimum absolute atomic E-state index is 0.217. The zero-order chi connectivity index (χ0) is 14.3. The molecule has 5 nitrogen and oxygen atoms in total. The summed E-state index contributed by atoms with van der Waals surface area (Å²) in [5.41, 5.74) is 1.59. The molecule has 0 bridgehead atoms. The summed E-state index contributed by atoms with van der Waals surface area (Å²) in [5, 5.41) is 22.9. The number of benzene rings is 1. The van der Waals surface area contributed by atoms with Crippen LogP contribution in [0.15, 0.2) is 24.3 Å². The van der Waals surface area contributed by atoms with Gasteiger partial charge in [-0.3, -0.25) is 4.79 Å². The smallest absolute Gasteiger partial charge is 0.308 e. The molecule has 0 spiro atoms. The Morgan fingerprint density at radius 3 is 2.79 bits per heavy atom. The maximum Gasteiger partial charge on any atom is 0.308 e. The molecule has 0 aliphatic carbocycles. The van der Waals surface area contributed by atoms with E-state index in [9.17, 15) is 15.0 Å². The number of ether oxygens (including phenoxy) is 1. The maximum atomic E-state index is 11.3. The van der Waals surface area contributed by atoms with Crippen molar-refractivity contribution >= 4 is 5.97 Å². The van der Waals surface area contributed by atoms with Gasteiger partial charge in [0.1, 0.15) is 6.10 Å². The van der Waals surface area contributed by atoms with Gasteiger partial charge in [-0.1, -0.05) is 24.3 Å². The summed E-state index contributed by atoms with van der Waals surface area (Å²) in [4.78, 5) is 11.3. The topological polar surface area (TPSA) is 78.8 Å². The van der Waals surface area contributed by atoms with Gasteiger partial charge in [0.25, 0.3) is 0 Å². The maximum absolute atomic E-state index is 11.3. The molecule has 0 aromatic heterocycles. The van der Waals surface area contributed by atoms with Crippen LogP contribution in [0.2, 0.25) is 0 Å². The Morgan fingerprint density at radius 2 is 2.16 bits per heavy atom. The van der Waals surface area contributed by atoms with Crippen LogP contribution in [0.1, 0.15) is 30.6 Å². The Labute approximate surface area is 113 Å². The van der Waals surface area contributed by atoms with Crippen LogP contribution in [0.4, 0.5) is 0 Å². The third kappa shape index (κ3) is 4.98. The fraction of sp³-hybridized carbons (Fsp3) is 0.500. The molecule has 2 atom stereocenters. The van der Waals surface area contributed by atoms with Crippen molar-refractivity contribution in [1.82, 2.24) is 5.32 Å². The molecule has 106 valence electrons. The molecule has 0 aliphatic rings. The molecule has 0 amide bonds. The van der Waals surface area contributed by atoms with Gasteiger partial charge >= 0.3 is 5.97 Å². The van der Waals surface area contributed by atoms with Crippen LogP contribution in [0, 0.1) is 0 Å². The molecule has 0 radical (unpaired) electrons. The molecular formula is C14H21NO4. The van der Waals surface area contributed by atoms with Crippen molar-refractivity contribution in [3.05, 3.63) is 35.4 Å². The van der Waals surface area contributed by atoms with Crippen molar-refractivity contribution in [3.8, 4) is 0 Å². The number of carbonyl (C=O) groups is 1. The standard InChI is InChI=1S/C14H21NO4/c1-3-19-13(17)8-12(16)14(18)11-6-4-5-10(7-11)9-15-2/h4-7,12,14-16,18H,3,8-9H2,1-2H3. The number of nitrogens with one attached hydrogen (secondary N) is 1. The van der Waals surface area contributed by atoms with Gasteiger partial charge in [0, 0.05) is 6.54 Å². The molecule has 3 N–H and O–H groups in total. The first-order chi connectivity index (χ1) is 9.08. The zero-order valence-electron chi connectivity index (χ0n) is 11.3. The molecule has 0 saturated heterocycles. The van der Waals surface area contributed by atoms with Crippen molar-refractivity contribution in [2.45, 2.75) is 32.1 Å². The highest BCUT2D eigenvalue weighted by Gasteiger charge is 2.22. The number of hydrogen-bond acceptors (Lipinski definition) is 5. The SMILES string of the molecule is CCOC(=O)CC(O)C(O)c1cccc(CNC)c1. The van der Waals surface area contributed by atoms with Crippen molar-refractivity contribution in [1.29, 1.82) is 0 Å². The lowest BCUT2D eigenvalue weighted by Crippen LogP contribution is -2.23. The van der Waals surface area contributed by atoms with Gasteiger partial charge in [0.05, 0.1) is 19.1 Å². The highest BCUT2D eigenvalue weighted by Crippen LogP contribution is 2.20. The molecule has 19 heavy (non-hydrogen) atoms. The first-order valence-electron chi connectivity index (χ1n) is 6.33. The van der Waals surface area contributed by atoms with Gasteiger partial charge in [0.15, 0.2) is 0 Å².